The fourth-order valence-electron chi connectivity index (χ4n) is 2.44. The van der Waals surface area contributed by atoms with Gasteiger partial charge in [-0.3, -0.25) is 0 Å². The van der Waals surface area contributed by atoms with Gasteiger partial charge in [0.2, 0.25) is 0 Å². The van der Waals surface area contributed by atoms with Crippen LogP contribution in [0, 0.1) is 5.92 Å². The molecule has 0 spiro atoms. The Morgan fingerprint density at radius 2 is 1.45 bits per heavy atom. The first-order chi connectivity index (χ1) is 10.6. The molecule has 22 heavy (non-hydrogen) atoms. The lowest BCUT2D eigenvalue weighted by molar-refractivity contribution is 0.494. The average Bonchev–Trinajstić information content (AvgIpc) is 3.05. The van der Waals surface area contributed by atoms with Crippen molar-refractivity contribution in [1.29, 1.82) is 0 Å². The first-order valence-corrected chi connectivity index (χ1v) is 7.61. The zero-order chi connectivity index (χ0) is 15.5. The molecule has 3 rings (SSSR count). The van der Waals surface area contributed by atoms with Gasteiger partial charge in [-0.2, -0.15) is 0 Å². The van der Waals surface area contributed by atoms with Crippen LogP contribution in [0.3, 0.4) is 0 Å². The third kappa shape index (κ3) is 2.95. The van der Waals surface area contributed by atoms with Crippen LogP contribution in [0.1, 0.15) is 25.7 Å². The summed E-state index contributed by atoms with van der Waals surface area (Å²) in [6.07, 6.45) is 1.86. The molecule has 3 aromatic rings. The quantitative estimate of drug-likeness (QED) is 0.748. The summed E-state index contributed by atoms with van der Waals surface area (Å²) in [7, 11) is 0. The van der Waals surface area contributed by atoms with E-state index in [0.29, 0.717) is 5.92 Å². The van der Waals surface area contributed by atoms with Crippen LogP contribution in [-0.2, 0) is 0 Å². The van der Waals surface area contributed by atoms with Crippen molar-refractivity contribution in [2.75, 3.05) is 0 Å². The highest BCUT2D eigenvalue weighted by atomic mass is 15.0. The fourth-order valence-corrected chi connectivity index (χ4v) is 2.44. The molecule has 1 heterocycles. The van der Waals surface area contributed by atoms with Crippen LogP contribution in [-0.4, -0.2) is 9.97 Å². The molecule has 3 heteroatoms. The molecule has 0 bridgehead atoms. The van der Waals surface area contributed by atoms with Gasteiger partial charge in [0.1, 0.15) is 5.82 Å². The van der Waals surface area contributed by atoms with E-state index in [-0.39, 0.29) is 6.04 Å². The Bertz CT molecular complexity index is 727. The van der Waals surface area contributed by atoms with Gasteiger partial charge in [0, 0.05) is 0 Å². The van der Waals surface area contributed by atoms with Crippen LogP contribution in [0.2, 0.25) is 0 Å². The number of H-pyrrole nitrogens is 1. The molecule has 3 N–H and O–H groups in total. The molecule has 0 aliphatic rings. The van der Waals surface area contributed by atoms with Gasteiger partial charge in [-0.25, -0.2) is 4.98 Å². The van der Waals surface area contributed by atoms with Crippen molar-refractivity contribution in [2.45, 2.75) is 19.9 Å². The SMILES string of the molecule is CC(C)[C@H](N)c1ncc(-c2ccc(-c3ccccc3)cc2)[nH]1. The van der Waals surface area contributed by atoms with E-state index in [1.165, 1.54) is 11.1 Å². The van der Waals surface area contributed by atoms with Crippen molar-refractivity contribution in [3.05, 3.63) is 66.6 Å². The Morgan fingerprint density at radius 3 is 2.09 bits per heavy atom. The number of hydrogen-bond acceptors (Lipinski definition) is 2. The van der Waals surface area contributed by atoms with Gasteiger partial charge in [-0.15, -0.1) is 0 Å². The molecule has 0 aliphatic heterocycles. The minimum Gasteiger partial charge on any atom is -0.341 e. The Kier molecular flexibility index (Phi) is 4.07. The fraction of sp³-hybridized carbons (Fsp3) is 0.211. The molecule has 0 saturated carbocycles. The third-order valence-corrected chi connectivity index (χ3v) is 3.93. The van der Waals surface area contributed by atoms with Gasteiger partial charge in [-0.1, -0.05) is 68.4 Å². The Balaban J connectivity index is 1.84. The largest absolute Gasteiger partial charge is 0.341 e. The van der Waals surface area contributed by atoms with Gasteiger partial charge in [-0.05, 0) is 22.6 Å². The topological polar surface area (TPSA) is 54.7 Å². The lowest BCUT2D eigenvalue weighted by Crippen LogP contribution is -2.18. The predicted octanol–water partition coefficient (Wildman–Crippen LogP) is 4.40. The maximum absolute atomic E-state index is 6.14. The summed E-state index contributed by atoms with van der Waals surface area (Å²) in [6, 6.07) is 18.8. The summed E-state index contributed by atoms with van der Waals surface area (Å²) in [4.78, 5) is 7.75. The maximum atomic E-state index is 6.14. The van der Waals surface area contributed by atoms with Gasteiger partial charge in [0.25, 0.3) is 0 Å². The molecule has 0 unspecified atom stereocenters. The monoisotopic (exact) mass is 291 g/mol. The molecule has 0 saturated heterocycles. The van der Waals surface area contributed by atoms with Crippen molar-refractivity contribution < 1.29 is 0 Å². The molecular weight excluding hydrogens is 270 g/mol. The number of aromatic nitrogens is 2. The Hall–Kier alpha value is -2.39. The van der Waals surface area contributed by atoms with E-state index in [1.54, 1.807) is 0 Å². The first kappa shape index (κ1) is 14.5. The minimum atomic E-state index is -0.0580. The van der Waals surface area contributed by atoms with Crippen LogP contribution < -0.4 is 5.73 Å². The maximum Gasteiger partial charge on any atom is 0.123 e. The summed E-state index contributed by atoms with van der Waals surface area (Å²) in [5.41, 5.74) is 10.7. The number of hydrogen-bond donors (Lipinski definition) is 2. The van der Waals surface area contributed by atoms with Crippen LogP contribution >= 0.6 is 0 Å². The van der Waals surface area contributed by atoms with Gasteiger partial charge >= 0.3 is 0 Å². The number of nitrogens with one attached hydrogen (secondary N) is 1. The van der Waals surface area contributed by atoms with Gasteiger partial charge in [0.15, 0.2) is 0 Å². The zero-order valence-electron chi connectivity index (χ0n) is 13.0. The number of aromatic amines is 1. The normalized spacial score (nSPS) is 12.5. The second-order valence-electron chi connectivity index (χ2n) is 5.90. The lowest BCUT2D eigenvalue weighted by Gasteiger charge is -2.12. The number of rotatable bonds is 4. The average molecular weight is 291 g/mol. The van der Waals surface area contributed by atoms with Crippen LogP contribution in [0.4, 0.5) is 0 Å². The van der Waals surface area contributed by atoms with Crippen LogP contribution in [0.25, 0.3) is 22.4 Å². The summed E-state index contributed by atoms with van der Waals surface area (Å²) in [5.74, 6) is 1.21. The molecular formula is C19H21N3. The molecule has 0 fully saturated rings. The third-order valence-electron chi connectivity index (χ3n) is 3.93. The van der Waals surface area contributed by atoms with E-state index in [4.69, 9.17) is 5.73 Å². The zero-order valence-corrected chi connectivity index (χ0v) is 13.0. The van der Waals surface area contributed by atoms with E-state index >= 15 is 0 Å². The molecule has 3 nitrogen and oxygen atoms in total. The second-order valence-corrected chi connectivity index (χ2v) is 5.90. The highest BCUT2D eigenvalue weighted by Gasteiger charge is 2.14. The highest BCUT2D eigenvalue weighted by Crippen LogP contribution is 2.25. The number of benzene rings is 2. The highest BCUT2D eigenvalue weighted by molar-refractivity contribution is 5.68. The molecule has 0 radical (unpaired) electrons. The Labute approximate surface area is 131 Å². The molecule has 0 amide bonds. The van der Waals surface area contributed by atoms with E-state index in [2.05, 4.69) is 72.3 Å². The number of nitrogens with two attached hydrogens (primary N) is 1. The smallest absolute Gasteiger partial charge is 0.123 e. The predicted molar refractivity (Wildman–Crippen MR) is 91.2 cm³/mol. The lowest BCUT2D eigenvalue weighted by atomic mass is 10.0. The summed E-state index contributed by atoms with van der Waals surface area (Å²) < 4.78 is 0. The molecule has 112 valence electrons. The van der Waals surface area contributed by atoms with E-state index in [0.717, 1.165) is 17.1 Å². The van der Waals surface area contributed by atoms with Crippen molar-refractivity contribution >= 4 is 0 Å². The molecule has 1 atom stereocenters. The van der Waals surface area contributed by atoms with Crippen LogP contribution in [0.5, 0.6) is 0 Å². The Morgan fingerprint density at radius 1 is 0.864 bits per heavy atom. The van der Waals surface area contributed by atoms with Crippen molar-refractivity contribution in [3.63, 3.8) is 0 Å². The summed E-state index contributed by atoms with van der Waals surface area (Å²) in [6.45, 7) is 4.20. The summed E-state index contributed by atoms with van der Waals surface area (Å²) >= 11 is 0. The van der Waals surface area contributed by atoms with Crippen molar-refractivity contribution in [1.82, 2.24) is 9.97 Å². The first-order valence-electron chi connectivity index (χ1n) is 7.61. The van der Waals surface area contributed by atoms with Crippen LogP contribution in [0.15, 0.2) is 60.8 Å². The van der Waals surface area contributed by atoms with Gasteiger partial charge in [0.05, 0.1) is 17.9 Å². The van der Waals surface area contributed by atoms with Crippen molar-refractivity contribution in [2.24, 2.45) is 11.7 Å². The molecule has 1 aromatic heterocycles. The summed E-state index contributed by atoms with van der Waals surface area (Å²) in [5, 5.41) is 0. The number of nitrogens with zero attached hydrogens (tertiary/aromatic N) is 1. The molecule has 2 aromatic carbocycles. The van der Waals surface area contributed by atoms with Crippen molar-refractivity contribution in [3.8, 4) is 22.4 Å². The minimum absolute atomic E-state index is 0.0580. The van der Waals surface area contributed by atoms with Gasteiger partial charge < -0.3 is 10.7 Å². The van der Waals surface area contributed by atoms with E-state index in [1.807, 2.05) is 12.3 Å². The second kappa shape index (κ2) is 6.16. The van der Waals surface area contributed by atoms with E-state index in [9.17, 15) is 0 Å². The van der Waals surface area contributed by atoms with E-state index < -0.39 is 0 Å². The molecule has 0 aliphatic carbocycles. The number of imidazole rings is 1. The standard InChI is InChI=1S/C19H21N3/c1-13(2)18(20)19-21-12-17(22-19)16-10-8-15(9-11-16)14-6-4-3-5-7-14/h3-13,18H,20H2,1-2H3,(H,21,22)/t18-/m0/s1.